The first-order chi connectivity index (χ1) is 20.1. The van der Waals surface area contributed by atoms with Gasteiger partial charge in [-0.25, -0.2) is 0 Å². The summed E-state index contributed by atoms with van der Waals surface area (Å²) in [4.78, 5) is 0. The number of benzene rings is 4. The van der Waals surface area contributed by atoms with Gasteiger partial charge in [-0.05, 0) is 0 Å². The number of unbranched alkanes of at least 4 members (excludes halogenated alkanes) is 1. The van der Waals surface area contributed by atoms with Crippen LogP contribution in [-0.4, -0.2) is 4.21 Å². The van der Waals surface area contributed by atoms with Crippen molar-refractivity contribution in [3.05, 3.63) is 134 Å². The molecule has 0 bridgehead atoms. The molecule has 6 rings (SSSR count). The molecule has 0 spiro atoms. The first kappa shape index (κ1) is 34.6. The molecule has 0 radical (unpaired) electrons. The van der Waals surface area contributed by atoms with Gasteiger partial charge in [0.25, 0.3) is 0 Å². The molecule has 4 aromatic rings. The first-order valence-electron chi connectivity index (χ1n) is 15.9. The first-order valence-corrected chi connectivity index (χ1v) is 22.5. The Balaban J connectivity index is 0.00000221. The van der Waals surface area contributed by atoms with Gasteiger partial charge in [-0.2, -0.15) is 0 Å². The fourth-order valence-corrected chi connectivity index (χ4v) is 24.1. The van der Waals surface area contributed by atoms with Gasteiger partial charge in [-0.3, -0.25) is 0 Å². The minimum absolute atomic E-state index is 0. The second-order valence-electron chi connectivity index (χ2n) is 14.1. The normalized spacial score (nSPS) is 15.8. The molecular weight excluding hydrogens is 655 g/mol. The molecule has 1 unspecified atom stereocenters. The van der Waals surface area contributed by atoms with Crippen LogP contribution in [-0.2, 0) is 24.7 Å². The van der Waals surface area contributed by atoms with Gasteiger partial charge in [0.1, 0.15) is 0 Å². The Bertz CT molecular complexity index is 1730. The van der Waals surface area contributed by atoms with E-state index in [-0.39, 0.29) is 30.2 Å². The summed E-state index contributed by atoms with van der Waals surface area (Å²) in [6.45, 7) is 13.9. The van der Waals surface area contributed by atoms with Crippen LogP contribution in [0.2, 0.25) is 0 Å². The molecule has 2 aliphatic carbocycles. The number of hydrogen-bond donors (Lipinski definition) is 0. The van der Waals surface area contributed by atoms with Crippen LogP contribution >= 0.6 is 24.8 Å². The number of rotatable bonds is 7. The van der Waals surface area contributed by atoms with E-state index in [2.05, 4.69) is 145 Å². The van der Waals surface area contributed by atoms with Crippen molar-refractivity contribution < 1.29 is 18.3 Å². The number of allylic oxidation sites excluding steroid dienone is 4. The summed E-state index contributed by atoms with van der Waals surface area (Å²) in [6.07, 6.45) is 9.85. The fraction of sp³-hybridized carbons (Fsp3) is 0.293. The molecule has 3 heteroatoms. The molecule has 0 amide bonds. The standard InChI is InChI=1S/C13H9.C13H21.2C7H7.CH2.2ClH.Zr/c1-3-7-12-10(5-1)9-11-6-2-4-8-13(11)12;1-5-6-7-11-8-9-12(10-11)13(2,3)4;2*1-7-5-3-2-4-6-7;;;;/h1-5,7-8H,9H2;9-11H,5-7H2,1-4H3;2*3-6H,1H3;1H2;2*1H;. The molecule has 0 heterocycles. The molecule has 0 fully saturated rings. The average Bonchev–Trinajstić information content (AvgIpc) is 3.59. The van der Waals surface area contributed by atoms with Gasteiger partial charge in [0.2, 0.25) is 0 Å². The molecule has 44 heavy (non-hydrogen) atoms. The van der Waals surface area contributed by atoms with Gasteiger partial charge in [0.05, 0.1) is 0 Å². The summed E-state index contributed by atoms with van der Waals surface area (Å²) in [7, 11) is 0. The molecule has 0 saturated heterocycles. The zero-order valence-electron chi connectivity index (χ0n) is 27.2. The van der Waals surface area contributed by atoms with Crippen LogP contribution in [0, 0.1) is 25.2 Å². The Hall–Kier alpha value is -2.31. The van der Waals surface area contributed by atoms with Crippen molar-refractivity contribution in [1.82, 2.24) is 0 Å². The van der Waals surface area contributed by atoms with Gasteiger partial charge in [0, 0.05) is 0 Å². The van der Waals surface area contributed by atoms with Crippen LogP contribution in [0.3, 0.4) is 0 Å². The van der Waals surface area contributed by atoms with Crippen LogP contribution in [0.15, 0.2) is 112 Å². The average molecular weight is 703 g/mol. The third-order valence-corrected chi connectivity index (χ3v) is 26.7. The molecule has 0 aliphatic heterocycles. The van der Waals surface area contributed by atoms with Crippen molar-refractivity contribution in [3.8, 4) is 11.1 Å². The van der Waals surface area contributed by atoms with E-state index >= 15 is 0 Å². The number of aryl methyl sites for hydroxylation is 2. The van der Waals surface area contributed by atoms with Crippen molar-refractivity contribution in [2.75, 3.05) is 0 Å². The molecular formula is C41H48Cl2Zr. The van der Waals surface area contributed by atoms with E-state index in [1.165, 1.54) is 68.0 Å². The molecule has 230 valence electrons. The summed E-state index contributed by atoms with van der Waals surface area (Å²) in [6, 6.07) is 35.3. The topological polar surface area (TPSA) is 0 Å². The monoisotopic (exact) mass is 700 g/mol. The van der Waals surface area contributed by atoms with Crippen LogP contribution in [0.4, 0.5) is 0 Å². The van der Waals surface area contributed by atoms with E-state index in [4.69, 9.17) is 4.21 Å². The second kappa shape index (κ2) is 12.8. The third kappa shape index (κ3) is 5.42. The Morgan fingerprint density at radius 1 is 0.750 bits per heavy atom. The predicted octanol–water partition coefficient (Wildman–Crippen LogP) is 9.79. The molecule has 1 atom stereocenters. The van der Waals surface area contributed by atoms with Crippen LogP contribution in [0.25, 0.3) is 11.1 Å². The van der Waals surface area contributed by atoms with E-state index in [1.54, 1.807) is 3.28 Å². The Morgan fingerprint density at radius 2 is 1.32 bits per heavy atom. The van der Waals surface area contributed by atoms with E-state index < -0.39 is 18.3 Å². The third-order valence-electron chi connectivity index (χ3n) is 10.3. The molecule has 0 nitrogen and oxygen atoms in total. The van der Waals surface area contributed by atoms with Crippen molar-refractivity contribution in [3.63, 3.8) is 0 Å². The van der Waals surface area contributed by atoms with Gasteiger partial charge in [-0.1, -0.05) is 0 Å². The van der Waals surface area contributed by atoms with E-state index in [9.17, 15) is 0 Å². The fourth-order valence-electron chi connectivity index (χ4n) is 7.81. The van der Waals surface area contributed by atoms with Gasteiger partial charge < -0.3 is 0 Å². The van der Waals surface area contributed by atoms with Crippen LogP contribution < -0.4 is 9.81 Å². The zero-order chi connectivity index (χ0) is 29.7. The Kier molecular flexibility index (Phi) is 10.1. The minimum atomic E-state index is -4.82. The molecule has 0 aromatic heterocycles. The molecule has 0 N–H and O–H groups in total. The summed E-state index contributed by atoms with van der Waals surface area (Å²) in [5.41, 5.74) is 9.88. The van der Waals surface area contributed by atoms with E-state index in [1.807, 2.05) is 0 Å². The molecule has 0 saturated carbocycles. The Morgan fingerprint density at radius 3 is 1.89 bits per heavy atom. The van der Waals surface area contributed by atoms with E-state index in [0.29, 0.717) is 5.92 Å². The number of halogens is 2. The quantitative estimate of drug-likeness (QED) is 0.159. The van der Waals surface area contributed by atoms with Crippen molar-refractivity contribution >= 4 is 38.8 Å². The summed E-state index contributed by atoms with van der Waals surface area (Å²) >= 11 is -4.82. The van der Waals surface area contributed by atoms with Crippen LogP contribution in [0.5, 0.6) is 0 Å². The predicted molar refractivity (Wildman–Crippen MR) is 196 cm³/mol. The molecule has 2 aliphatic rings. The number of hydrogen-bond acceptors (Lipinski definition) is 0. The maximum absolute atomic E-state index is 5.78. The second-order valence-corrected chi connectivity index (χ2v) is 26.8. The van der Waals surface area contributed by atoms with E-state index in [0.717, 1.165) is 6.42 Å². The van der Waals surface area contributed by atoms with Crippen molar-refractivity contribution in [1.29, 1.82) is 0 Å². The maximum atomic E-state index is 5.78. The van der Waals surface area contributed by atoms with Gasteiger partial charge in [-0.15, -0.1) is 24.8 Å². The Labute approximate surface area is 279 Å². The zero-order valence-corrected chi connectivity index (χ0v) is 31.3. The molecule has 4 aromatic carbocycles. The summed E-state index contributed by atoms with van der Waals surface area (Å²) in [5, 5.41) is 0. The summed E-state index contributed by atoms with van der Waals surface area (Å²) in [5.74, 6) is 0.393. The SMILES string of the molecule is Cl.Cl.[CH2]=[Zr]([C]1=CC(C(C)(C)C)=CC1CCCC)([c]1ccc(C)cc1)([c]1ccc(C)cc1)[c]1cccc2c1Cc1ccccc1-2. The van der Waals surface area contributed by atoms with Gasteiger partial charge >= 0.3 is 256 Å². The van der Waals surface area contributed by atoms with Gasteiger partial charge in [0.15, 0.2) is 0 Å². The summed E-state index contributed by atoms with van der Waals surface area (Å²) < 4.78 is 11.8. The van der Waals surface area contributed by atoms with Crippen molar-refractivity contribution in [2.45, 2.75) is 67.2 Å². The van der Waals surface area contributed by atoms with Crippen LogP contribution in [0.1, 0.15) is 69.2 Å². The van der Waals surface area contributed by atoms with Crippen molar-refractivity contribution in [2.24, 2.45) is 11.3 Å². The number of fused-ring (bicyclic) bond motifs is 3.